The Hall–Kier alpha value is -2.07. The van der Waals surface area contributed by atoms with Gasteiger partial charge in [0, 0.05) is 19.3 Å². The lowest BCUT2D eigenvalue weighted by Crippen LogP contribution is -2.44. The summed E-state index contributed by atoms with van der Waals surface area (Å²) < 4.78 is 48.4. The average Bonchev–Trinajstić information content (AvgIpc) is 2.69. The minimum absolute atomic E-state index is 0. The first-order valence-corrected chi connectivity index (χ1v) is 8.78. The molecule has 0 radical (unpaired) electrons. The van der Waals surface area contributed by atoms with Crippen LogP contribution in [0.25, 0.3) is 0 Å². The molecule has 6 nitrogen and oxygen atoms in total. The van der Waals surface area contributed by atoms with Crippen LogP contribution in [0.2, 0.25) is 0 Å². The molecule has 1 amide bonds. The van der Waals surface area contributed by atoms with Crippen molar-refractivity contribution in [3.05, 3.63) is 48.2 Å². The summed E-state index contributed by atoms with van der Waals surface area (Å²) in [7, 11) is 0. The fourth-order valence-corrected chi connectivity index (χ4v) is 2.86. The van der Waals surface area contributed by atoms with Crippen molar-refractivity contribution in [2.45, 2.75) is 25.1 Å². The molecule has 0 bridgehead atoms. The van der Waals surface area contributed by atoms with Gasteiger partial charge in [-0.05, 0) is 49.1 Å². The number of halogens is 5. The highest BCUT2D eigenvalue weighted by molar-refractivity contribution is 5.94. The van der Waals surface area contributed by atoms with Gasteiger partial charge in [-0.3, -0.25) is 4.79 Å². The number of nitrogens with two attached hydrogens (primary N) is 1. The number of carbonyl (C=O) groups excluding carboxylic acids is 1. The number of nitrogens with zero attached hydrogens (tertiary/aromatic N) is 1. The van der Waals surface area contributed by atoms with Gasteiger partial charge in [0.1, 0.15) is 5.75 Å². The number of hydrogen-bond donors (Lipinski definition) is 2. The Morgan fingerprint density at radius 1 is 1.13 bits per heavy atom. The Kier molecular flexibility index (Phi) is 9.83. The summed E-state index contributed by atoms with van der Waals surface area (Å²) in [6, 6.07) is 6.75. The standard InChI is InChI=1S/C19H20F3N3O3.2ClH/c20-19(21,22)13-1-4-15(5-2-13)28-16-6-3-14(11-24-16)25-18(26)17(23)12-7-9-27-10-8-12;;/h1-6,11-12,17H,7-10,23H2,(H,25,26);2*1H. The molecule has 0 aliphatic carbocycles. The molecule has 11 heteroatoms. The second kappa shape index (κ2) is 11.4. The Bertz CT molecular complexity index is 799. The molecule has 1 fully saturated rings. The minimum atomic E-state index is -4.40. The third kappa shape index (κ3) is 7.02. The van der Waals surface area contributed by atoms with Crippen LogP contribution in [0, 0.1) is 5.92 Å². The van der Waals surface area contributed by atoms with E-state index in [-0.39, 0.29) is 48.3 Å². The SMILES string of the molecule is Cl.Cl.NC(C(=O)Nc1ccc(Oc2ccc(C(F)(F)F)cc2)nc1)C1CCOCC1. The van der Waals surface area contributed by atoms with Crippen molar-refractivity contribution in [1.82, 2.24) is 4.98 Å². The van der Waals surface area contributed by atoms with E-state index in [4.69, 9.17) is 15.2 Å². The van der Waals surface area contributed by atoms with E-state index in [0.717, 1.165) is 25.0 Å². The lowest BCUT2D eigenvalue weighted by atomic mass is 9.92. The van der Waals surface area contributed by atoms with Crippen molar-refractivity contribution < 1.29 is 27.4 Å². The number of amides is 1. The molecule has 1 aromatic carbocycles. The van der Waals surface area contributed by atoms with Crippen molar-refractivity contribution in [3.8, 4) is 11.6 Å². The van der Waals surface area contributed by atoms with Crippen LogP contribution in [0.15, 0.2) is 42.6 Å². The highest BCUT2D eigenvalue weighted by Crippen LogP contribution is 2.31. The van der Waals surface area contributed by atoms with Gasteiger partial charge in [-0.1, -0.05) is 0 Å². The molecule has 2 aromatic rings. The Balaban J connectivity index is 0.00000225. The van der Waals surface area contributed by atoms with Gasteiger partial charge in [-0.2, -0.15) is 13.2 Å². The molecule has 1 atom stereocenters. The maximum atomic E-state index is 12.6. The van der Waals surface area contributed by atoms with Crippen molar-refractivity contribution in [1.29, 1.82) is 0 Å². The lowest BCUT2D eigenvalue weighted by Gasteiger charge is -2.26. The van der Waals surface area contributed by atoms with E-state index in [2.05, 4.69) is 10.3 Å². The molecule has 0 saturated carbocycles. The Labute approximate surface area is 184 Å². The van der Waals surface area contributed by atoms with Gasteiger partial charge in [0.05, 0.1) is 23.5 Å². The van der Waals surface area contributed by atoms with Gasteiger partial charge in [0.25, 0.3) is 0 Å². The molecular weight excluding hydrogens is 446 g/mol. The quantitative estimate of drug-likeness (QED) is 0.678. The van der Waals surface area contributed by atoms with Crippen LogP contribution < -0.4 is 15.8 Å². The van der Waals surface area contributed by atoms with Gasteiger partial charge in [-0.25, -0.2) is 4.98 Å². The molecular formula is C19H22Cl2F3N3O3. The first kappa shape index (κ1) is 26.0. The predicted octanol–water partition coefficient (Wildman–Crippen LogP) is 4.43. The van der Waals surface area contributed by atoms with Crippen molar-refractivity contribution in [2.24, 2.45) is 11.7 Å². The van der Waals surface area contributed by atoms with Gasteiger partial charge in [0.2, 0.25) is 11.8 Å². The third-order valence-corrected chi connectivity index (χ3v) is 4.48. The summed E-state index contributed by atoms with van der Waals surface area (Å²) in [5.41, 5.74) is 5.72. The number of rotatable bonds is 5. The van der Waals surface area contributed by atoms with E-state index in [9.17, 15) is 18.0 Å². The number of hydrogen-bond acceptors (Lipinski definition) is 5. The molecule has 1 aliphatic heterocycles. The van der Waals surface area contributed by atoms with Crippen LogP contribution in [-0.2, 0) is 15.7 Å². The number of ether oxygens (including phenoxy) is 2. The molecule has 2 heterocycles. The zero-order chi connectivity index (χ0) is 20.1. The van der Waals surface area contributed by atoms with Crippen LogP contribution in [0.4, 0.5) is 18.9 Å². The fraction of sp³-hybridized carbons (Fsp3) is 0.368. The van der Waals surface area contributed by atoms with E-state index >= 15 is 0 Å². The average molecular weight is 468 g/mol. The number of benzene rings is 1. The second-order valence-electron chi connectivity index (χ2n) is 6.47. The monoisotopic (exact) mass is 467 g/mol. The van der Waals surface area contributed by atoms with Crippen LogP contribution in [0.1, 0.15) is 18.4 Å². The van der Waals surface area contributed by atoms with Crippen LogP contribution in [-0.4, -0.2) is 30.1 Å². The van der Waals surface area contributed by atoms with Gasteiger partial charge in [-0.15, -0.1) is 24.8 Å². The van der Waals surface area contributed by atoms with E-state index in [0.29, 0.717) is 18.9 Å². The minimum Gasteiger partial charge on any atom is -0.439 e. The molecule has 166 valence electrons. The van der Waals surface area contributed by atoms with Crippen LogP contribution >= 0.6 is 24.8 Å². The summed E-state index contributed by atoms with van der Waals surface area (Å²) in [6.07, 6.45) is -1.52. The number of aromatic nitrogens is 1. The molecule has 3 N–H and O–H groups in total. The molecule has 30 heavy (non-hydrogen) atoms. The summed E-state index contributed by atoms with van der Waals surface area (Å²) in [4.78, 5) is 16.3. The number of alkyl halides is 3. The summed E-state index contributed by atoms with van der Waals surface area (Å²) >= 11 is 0. The topological polar surface area (TPSA) is 86.5 Å². The van der Waals surface area contributed by atoms with E-state index in [1.807, 2.05) is 0 Å². The fourth-order valence-electron chi connectivity index (χ4n) is 2.86. The first-order valence-electron chi connectivity index (χ1n) is 8.78. The van der Waals surface area contributed by atoms with Crippen molar-refractivity contribution >= 4 is 36.4 Å². The van der Waals surface area contributed by atoms with Crippen LogP contribution in [0.5, 0.6) is 11.6 Å². The van der Waals surface area contributed by atoms with Gasteiger partial charge < -0.3 is 20.5 Å². The number of anilines is 1. The number of pyridine rings is 1. The largest absolute Gasteiger partial charge is 0.439 e. The zero-order valence-electron chi connectivity index (χ0n) is 15.7. The Morgan fingerprint density at radius 3 is 2.30 bits per heavy atom. The van der Waals surface area contributed by atoms with Gasteiger partial charge in [0.15, 0.2) is 0 Å². The predicted molar refractivity (Wildman–Crippen MR) is 110 cm³/mol. The molecule has 1 saturated heterocycles. The highest BCUT2D eigenvalue weighted by atomic mass is 35.5. The lowest BCUT2D eigenvalue weighted by molar-refractivity contribution is -0.137. The van der Waals surface area contributed by atoms with E-state index < -0.39 is 17.8 Å². The Morgan fingerprint density at radius 2 is 1.77 bits per heavy atom. The normalized spacial score (nSPS) is 15.3. The first-order chi connectivity index (χ1) is 13.3. The van der Waals surface area contributed by atoms with Crippen molar-refractivity contribution in [2.75, 3.05) is 18.5 Å². The van der Waals surface area contributed by atoms with E-state index in [1.54, 1.807) is 6.07 Å². The molecule has 1 aromatic heterocycles. The maximum absolute atomic E-state index is 12.6. The molecule has 3 rings (SSSR count). The van der Waals surface area contributed by atoms with E-state index in [1.165, 1.54) is 24.4 Å². The zero-order valence-corrected chi connectivity index (χ0v) is 17.4. The highest BCUT2D eigenvalue weighted by Gasteiger charge is 2.30. The number of carbonyl (C=O) groups is 1. The second-order valence-corrected chi connectivity index (χ2v) is 6.47. The smallest absolute Gasteiger partial charge is 0.416 e. The summed E-state index contributed by atoms with van der Waals surface area (Å²) in [6.45, 7) is 1.20. The van der Waals surface area contributed by atoms with Crippen molar-refractivity contribution in [3.63, 3.8) is 0 Å². The third-order valence-electron chi connectivity index (χ3n) is 4.48. The molecule has 1 aliphatic rings. The number of nitrogens with one attached hydrogen (secondary N) is 1. The summed E-state index contributed by atoms with van der Waals surface area (Å²) in [5.74, 6) is 0.180. The van der Waals surface area contributed by atoms with Gasteiger partial charge >= 0.3 is 6.18 Å². The molecule has 0 spiro atoms. The van der Waals surface area contributed by atoms with Crippen LogP contribution in [0.3, 0.4) is 0 Å². The maximum Gasteiger partial charge on any atom is 0.416 e. The summed E-state index contributed by atoms with van der Waals surface area (Å²) in [5, 5.41) is 2.71. The molecule has 1 unspecified atom stereocenters.